The summed E-state index contributed by atoms with van der Waals surface area (Å²) in [6.45, 7) is 3.43. The number of aromatic nitrogens is 3. The van der Waals surface area contributed by atoms with E-state index in [-0.39, 0.29) is 5.91 Å². The van der Waals surface area contributed by atoms with Gasteiger partial charge in [-0.3, -0.25) is 4.79 Å². The predicted octanol–water partition coefficient (Wildman–Crippen LogP) is 3.21. The molecule has 1 amide bonds. The molecule has 5 N–H and O–H groups in total. The molecule has 2 heterocycles. The minimum Gasteiger partial charge on any atom is -0.393 e. The molecule has 3 aromatic rings. The van der Waals surface area contributed by atoms with Crippen molar-refractivity contribution < 1.29 is 4.79 Å². The average molecular weight is 349 g/mol. The minimum absolute atomic E-state index is 0.119. The Morgan fingerprint density at radius 3 is 2.19 bits per heavy atom. The van der Waals surface area contributed by atoms with Crippen LogP contribution in [0.15, 0.2) is 48.9 Å². The lowest BCUT2D eigenvalue weighted by atomic mass is 10.2. The number of hydrogen-bond acceptors (Lipinski definition) is 7. The average Bonchev–Trinajstić information content (AvgIpc) is 2.61. The lowest BCUT2D eigenvalue weighted by Crippen LogP contribution is -2.07. The van der Waals surface area contributed by atoms with Crippen LogP contribution in [-0.4, -0.2) is 20.9 Å². The van der Waals surface area contributed by atoms with Crippen LogP contribution >= 0.6 is 0 Å². The van der Waals surface area contributed by atoms with Crippen molar-refractivity contribution in [2.24, 2.45) is 0 Å². The van der Waals surface area contributed by atoms with Gasteiger partial charge in [-0.05, 0) is 42.8 Å². The van der Waals surface area contributed by atoms with Crippen LogP contribution in [0.2, 0.25) is 0 Å². The first kappa shape index (κ1) is 17.2. The summed E-state index contributed by atoms with van der Waals surface area (Å²) in [5.41, 5.74) is 9.11. The van der Waals surface area contributed by atoms with Gasteiger partial charge >= 0.3 is 0 Å². The number of nitrogen functional groups attached to an aromatic ring is 1. The minimum atomic E-state index is -0.119. The molecule has 8 nitrogen and oxygen atoms in total. The number of amides is 1. The Balaban J connectivity index is 1.76. The number of pyridine rings is 1. The van der Waals surface area contributed by atoms with Crippen molar-refractivity contribution in [2.75, 3.05) is 21.7 Å². The van der Waals surface area contributed by atoms with Crippen molar-refractivity contribution >= 4 is 40.4 Å². The van der Waals surface area contributed by atoms with Crippen molar-refractivity contribution in [3.63, 3.8) is 0 Å². The van der Waals surface area contributed by atoms with Gasteiger partial charge in [0.1, 0.15) is 17.8 Å². The molecule has 0 aliphatic heterocycles. The summed E-state index contributed by atoms with van der Waals surface area (Å²) in [5.74, 6) is 1.47. The number of nitrogens with two attached hydrogens (primary N) is 1. The maximum Gasteiger partial charge on any atom is 0.221 e. The zero-order chi connectivity index (χ0) is 18.5. The van der Waals surface area contributed by atoms with Gasteiger partial charge in [0.15, 0.2) is 11.6 Å². The predicted molar refractivity (Wildman–Crippen MR) is 103 cm³/mol. The van der Waals surface area contributed by atoms with Crippen LogP contribution in [0.1, 0.15) is 12.5 Å². The SMILES string of the molecule is CC(=O)Nc1ccc(Nc2ncnc(Nc3ccc(C)cn3)c2N)cc1. The summed E-state index contributed by atoms with van der Waals surface area (Å²) in [5, 5.41) is 8.93. The van der Waals surface area contributed by atoms with Gasteiger partial charge in [0.2, 0.25) is 5.91 Å². The topological polar surface area (TPSA) is 118 Å². The van der Waals surface area contributed by atoms with Crippen molar-refractivity contribution in [1.29, 1.82) is 0 Å². The summed E-state index contributed by atoms with van der Waals surface area (Å²) in [7, 11) is 0. The molecule has 0 bridgehead atoms. The molecule has 0 spiro atoms. The lowest BCUT2D eigenvalue weighted by molar-refractivity contribution is -0.114. The smallest absolute Gasteiger partial charge is 0.221 e. The van der Waals surface area contributed by atoms with E-state index in [1.54, 1.807) is 18.3 Å². The van der Waals surface area contributed by atoms with Gasteiger partial charge in [-0.15, -0.1) is 0 Å². The molecule has 0 aliphatic carbocycles. The van der Waals surface area contributed by atoms with Crippen LogP contribution in [0, 0.1) is 6.92 Å². The van der Waals surface area contributed by atoms with Gasteiger partial charge in [0.25, 0.3) is 0 Å². The molecule has 0 atom stereocenters. The number of carbonyl (C=O) groups is 1. The first-order valence-electron chi connectivity index (χ1n) is 7.96. The highest BCUT2D eigenvalue weighted by atomic mass is 16.1. The van der Waals surface area contributed by atoms with Crippen LogP contribution in [0.3, 0.4) is 0 Å². The van der Waals surface area contributed by atoms with Crippen LogP contribution in [0.25, 0.3) is 0 Å². The fraction of sp³-hybridized carbons (Fsp3) is 0.111. The first-order chi connectivity index (χ1) is 12.5. The zero-order valence-corrected chi connectivity index (χ0v) is 14.4. The monoisotopic (exact) mass is 349 g/mol. The van der Waals surface area contributed by atoms with E-state index >= 15 is 0 Å². The summed E-state index contributed by atoms with van der Waals surface area (Å²) in [6.07, 6.45) is 3.18. The lowest BCUT2D eigenvalue weighted by Gasteiger charge is -2.12. The van der Waals surface area contributed by atoms with E-state index in [0.29, 0.717) is 28.8 Å². The summed E-state index contributed by atoms with van der Waals surface area (Å²) >= 11 is 0. The number of benzene rings is 1. The molecule has 0 fully saturated rings. The van der Waals surface area contributed by atoms with Gasteiger partial charge < -0.3 is 21.7 Å². The van der Waals surface area contributed by atoms with Crippen molar-refractivity contribution in [3.05, 3.63) is 54.5 Å². The van der Waals surface area contributed by atoms with E-state index in [0.717, 1.165) is 11.3 Å². The summed E-state index contributed by atoms with van der Waals surface area (Å²) < 4.78 is 0. The van der Waals surface area contributed by atoms with Crippen LogP contribution in [0.5, 0.6) is 0 Å². The Bertz CT molecular complexity index is 908. The van der Waals surface area contributed by atoms with Crippen LogP contribution in [-0.2, 0) is 4.79 Å². The summed E-state index contributed by atoms with van der Waals surface area (Å²) in [4.78, 5) is 23.7. The first-order valence-corrected chi connectivity index (χ1v) is 7.96. The molecule has 0 aliphatic rings. The molecule has 2 aromatic heterocycles. The second-order valence-corrected chi connectivity index (χ2v) is 5.71. The highest BCUT2D eigenvalue weighted by molar-refractivity contribution is 5.89. The van der Waals surface area contributed by atoms with E-state index < -0.39 is 0 Å². The van der Waals surface area contributed by atoms with E-state index in [1.165, 1.54) is 13.3 Å². The fourth-order valence-electron chi connectivity index (χ4n) is 2.23. The van der Waals surface area contributed by atoms with Crippen molar-refractivity contribution in [1.82, 2.24) is 15.0 Å². The van der Waals surface area contributed by atoms with E-state index in [9.17, 15) is 4.79 Å². The third-order valence-electron chi connectivity index (χ3n) is 3.51. The number of nitrogens with zero attached hydrogens (tertiary/aromatic N) is 3. The van der Waals surface area contributed by atoms with E-state index in [1.807, 2.05) is 31.2 Å². The number of nitrogens with one attached hydrogen (secondary N) is 3. The maximum atomic E-state index is 11.1. The Morgan fingerprint density at radius 1 is 0.923 bits per heavy atom. The number of rotatable bonds is 5. The largest absolute Gasteiger partial charge is 0.393 e. The normalized spacial score (nSPS) is 10.2. The molecular formula is C18H19N7O. The number of hydrogen-bond donors (Lipinski definition) is 4. The van der Waals surface area contributed by atoms with E-state index in [4.69, 9.17) is 5.73 Å². The maximum absolute atomic E-state index is 11.1. The van der Waals surface area contributed by atoms with Gasteiger partial charge in [-0.2, -0.15) is 0 Å². The molecule has 3 rings (SSSR count). The third-order valence-corrected chi connectivity index (χ3v) is 3.51. The van der Waals surface area contributed by atoms with Gasteiger partial charge in [-0.1, -0.05) is 6.07 Å². The quantitative estimate of drug-likeness (QED) is 0.558. The molecule has 8 heteroatoms. The number of anilines is 6. The fourth-order valence-corrected chi connectivity index (χ4v) is 2.23. The molecule has 132 valence electrons. The number of carbonyl (C=O) groups excluding carboxylic acids is 1. The standard InChI is InChI=1S/C18H19N7O/c1-11-3-8-15(20-9-11)25-18-16(19)17(21-10-22-18)24-14-6-4-13(5-7-14)23-12(2)26/h3-10H,19H2,1-2H3,(H,23,26)(H2,20,21,22,24,25). The molecule has 0 radical (unpaired) electrons. The van der Waals surface area contributed by atoms with Crippen LogP contribution in [0.4, 0.5) is 34.5 Å². The second kappa shape index (κ2) is 7.47. The molecule has 26 heavy (non-hydrogen) atoms. The van der Waals surface area contributed by atoms with Gasteiger partial charge in [0.05, 0.1) is 0 Å². The Labute approximate surface area is 150 Å². The molecule has 0 saturated carbocycles. The molecule has 1 aromatic carbocycles. The molecule has 0 unspecified atom stereocenters. The highest BCUT2D eigenvalue weighted by Crippen LogP contribution is 2.28. The third kappa shape index (κ3) is 4.23. The highest BCUT2D eigenvalue weighted by Gasteiger charge is 2.09. The number of aryl methyl sites for hydroxylation is 1. The molecule has 0 saturated heterocycles. The van der Waals surface area contributed by atoms with Crippen LogP contribution < -0.4 is 21.7 Å². The zero-order valence-electron chi connectivity index (χ0n) is 14.4. The Morgan fingerprint density at radius 2 is 1.58 bits per heavy atom. The van der Waals surface area contributed by atoms with Gasteiger partial charge in [0, 0.05) is 24.5 Å². The summed E-state index contributed by atoms with van der Waals surface area (Å²) in [6, 6.07) is 11.0. The van der Waals surface area contributed by atoms with Crippen molar-refractivity contribution in [2.45, 2.75) is 13.8 Å². The Kier molecular flexibility index (Phi) is 4.93. The Hall–Kier alpha value is -3.68. The van der Waals surface area contributed by atoms with E-state index in [2.05, 4.69) is 30.9 Å². The van der Waals surface area contributed by atoms with Crippen molar-refractivity contribution in [3.8, 4) is 0 Å². The molecular weight excluding hydrogens is 330 g/mol. The second-order valence-electron chi connectivity index (χ2n) is 5.71. The van der Waals surface area contributed by atoms with Gasteiger partial charge in [-0.25, -0.2) is 15.0 Å².